The van der Waals surface area contributed by atoms with Gasteiger partial charge in [-0.15, -0.1) is 0 Å². The first-order valence-electron chi connectivity index (χ1n) is 9.30. The van der Waals surface area contributed by atoms with Gasteiger partial charge in [0.15, 0.2) is 11.5 Å². The van der Waals surface area contributed by atoms with E-state index in [4.69, 9.17) is 14.2 Å². The molecule has 2 aliphatic rings. The average Bonchev–Trinajstić information content (AvgIpc) is 3.17. The Morgan fingerprint density at radius 2 is 1.93 bits per heavy atom. The van der Waals surface area contributed by atoms with Crippen molar-refractivity contribution >= 4 is 5.82 Å². The van der Waals surface area contributed by atoms with E-state index in [0.717, 1.165) is 49.1 Å². The lowest BCUT2D eigenvalue weighted by atomic mass is 10.2. The van der Waals surface area contributed by atoms with Crippen LogP contribution in [0.1, 0.15) is 5.56 Å². The quantitative estimate of drug-likeness (QED) is 0.791. The Balaban J connectivity index is 1.16. The van der Waals surface area contributed by atoms with E-state index in [-0.39, 0.29) is 6.79 Å². The Morgan fingerprint density at radius 3 is 2.74 bits per heavy atom. The molecule has 7 heteroatoms. The Labute approximate surface area is 159 Å². The van der Waals surface area contributed by atoms with Crippen molar-refractivity contribution in [1.82, 2.24) is 9.88 Å². The number of piperazine rings is 1. The summed E-state index contributed by atoms with van der Waals surface area (Å²) in [6.45, 7) is 5.31. The molecule has 144 valence electrons. The van der Waals surface area contributed by atoms with Crippen LogP contribution in [0.3, 0.4) is 0 Å². The summed E-state index contributed by atoms with van der Waals surface area (Å²) in [5, 5.41) is 10.3. The molecule has 1 N–H and O–H groups in total. The number of ether oxygens (including phenoxy) is 3. The predicted molar refractivity (Wildman–Crippen MR) is 101 cm³/mol. The molecule has 1 saturated heterocycles. The summed E-state index contributed by atoms with van der Waals surface area (Å²) in [5.41, 5.74) is 1.01. The van der Waals surface area contributed by atoms with Gasteiger partial charge in [-0.3, -0.25) is 4.90 Å². The number of nitrogens with zero attached hydrogens (tertiary/aromatic N) is 3. The van der Waals surface area contributed by atoms with Crippen LogP contribution in [0.2, 0.25) is 0 Å². The van der Waals surface area contributed by atoms with Gasteiger partial charge in [-0.1, -0.05) is 12.1 Å². The van der Waals surface area contributed by atoms with Gasteiger partial charge in [0.25, 0.3) is 0 Å². The van der Waals surface area contributed by atoms with E-state index in [1.165, 1.54) is 0 Å². The minimum atomic E-state index is -0.500. The first-order chi connectivity index (χ1) is 13.3. The molecule has 2 aliphatic heterocycles. The van der Waals surface area contributed by atoms with Crippen LogP contribution in [0.25, 0.3) is 0 Å². The molecule has 0 unspecified atom stereocenters. The summed E-state index contributed by atoms with van der Waals surface area (Å²) in [5.74, 6) is 2.54. The van der Waals surface area contributed by atoms with E-state index in [1.807, 2.05) is 42.6 Å². The molecule has 0 aliphatic carbocycles. The van der Waals surface area contributed by atoms with E-state index >= 15 is 0 Å². The molecule has 2 aromatic rings. The number of aliphatic hydroxyl groups excluding tert-OH is 1. The number of hydrogen-bond acceptors (Lipinski definition) is 7. The maximum atomic E-state index is 10.3. The van der Waals surface area contributed by atoms with Crippen LogP contribution in [0, 0.1) is 0 Å². The number of hydrogen-bond donors (Lipinski definition) is 1. The van der Waals surface area contributed by atoms with Gasteiger partial charge < -0.3 is 24.2 Å². The zero-order chi connectivity index (χ0) is 18.5. The number of aliphatic hydroxyl groups is 1. The van der Waals surface area contributed by atoms with E-state index < -0.39 is 6.10 Å². The summed E-state index contributed by atoms with van der Waals surface area (Å²) in [4.78, 5) is 8.95. The number of β-amino-alcohol motifs (C(OH)–C–C–N with tert-alkyl or cyclic N) is 1. The Morgan fingerprint density at radius 1 is 1.07 bits per heavy atom. The van der Waals surface area contributed by atoms with E-state index in [1.54, 1.807) is 0 Å². The fraction of sp³-hybridized carbons (Fsp3) is 0.450. The highest BCUT2D eigenvalue weighted by Crippen LogP contribution is 2.32. The maximum absolute atomic E-state index is 10.3. The van der Waals surface area contributed by atoms with Crippen LogP contribution in [-0.4, -0.2) is 67.2 Å². The zero-order valence-electron chi connectivity index (χ0n) is 15.3. The second-order valence-corrected chi connectivity index (χ2v) is 6.83. The third-order valence-electron chi connectivity index (χ3n) is 4.83. The molecule has 7 nitrogen and oxygen atoms in total. The lowest BCUT2D eigenvalue weighted by molar-refractivity contribution is 0.00909. The van der Waals surface area contributed by atoms with Gasteiger partial charge in [-0.25, -0.2) is 4.98 Å². The highest BCUT2D eigenvalue weighted by molar-refractivity contribution is 5.44. The molecule has 1 atom stereocenters. The number of fused-ring (bicyclic) bond motifs is 1. The third kappa shape index (κ3) is 4.68. The number of pyridine rings is 1. The molecule has 4 rings (SSSR count). The maximum Gasteiger partial charge on any atom is 0.231 e. The largest absolute Gasteiger partial charge is 0.454 e. The van der Waals surface area contributed by atoms with Crippen LogP contribution in [0.4, 0.5) is 5.82 Å². The fourth-order valence-corrected chi connectivity index (χ4v) is 3.39. The minimum Gasteiger partial charge on any atom is -0.454 e. The van der Waals surface area contributed by atoms with Crippen molar-refractivity contribution in [2.45, 2.75) is 12.7 Å². The van der Waals surface area contributed by atoms with Gasteiger partial charge >= 0.3 is 0 Å². The molecule has 0 amide bonds. The van der Waals surface area contributed by atoms with Gasteiger partial charge in [-0.05, 0) is 29.8 Å². The molecular weight excluding hydrogens is 346 g/mol. The molecule has 0 saturated carbocycles. The molecule has 0 radical (unpaired) electrons. The normalized spacial score (nSPS) is 17.9. The first kappa shape index (κ1) is 18.0. The Bertz CT molecular complexity index is 735. The third-order valence-corrected chi connectivity index (χ3v) is 4.83. The van der Waals surface area contributed by atoms with E-state index in [2.05, 4.69) is 14.8 Å². The summed E-state index contributed by atoms with van der Waals surface area (Å²) < 4.78 is 16.3. The second kappa shape index (κ2) is 8.56. The zero-order valence-corrected chi connectivity index (χ0v) is 15.3. The minimum absolute atomic E-state index is 0.270. The highest BCUT2D eigenvalue weighted by atomic mass is 16.7. The van der Waals surface area contributed by atoms with Gasteiger partial charge in [0.1, 0.15) is 5.82 Å². The second-order valence-electron chi connectivity index (χ2n) is 6.83. The highest BCUT2D eigenvalue weighted by Gasteiger charge is 2.20. The lowest BCUT2D eigenvalue weighted by Gasteiger charge is -2.36. The SMILES string of the molecule is O[C@@H](COCc1ccc2c(c1)OCO2)CN1CCN(c2ccccn2)CC1. The van der Waals surface area contributed by atoms with Crippen molar-refractivity contribution < 1.29 is 19.3 Å². The first-order valence-corrected chi connectivity index (χ1v) is 9.30. The number of benzene rings is 1. The molecule has 3 heterocycles. The van der Waals surface area contributed by atoms with Crippen molar-refractivity contribution in [3.63, 3.8) is 0 Å². The summed E-state index contributed by atoms with van der Waals surface area (Å²) in [7, 11) is 0. The van der Waals surface area contributed by atoms with Gasteiger partial charge in [0.2, 0.25) is 6.79 Å². The fourth-order valence-electron chi connectivity index (χ4n) is 3.39. The smallest absolute Gasteiger partial charge is 0.231 e. The number of anilines is 1. The van der Waals surface area contributed by atoms with E-state index in [9.17, 15) is 5.11 Å². The van der Waals surface area contributed by atoms with Crippen molar-refractivity contribution in [3.8, 4) is 11.5 Å². The van der Waals surface area contributed by atoms with Crippen LogP contribution < -0.4 is 14.4 Å². The molecule has 27 heavy (non-hydrogen) atoms. The van der Waals surface area contributed by atoms with Crippen LogP contribution in [0.15, 0.2) is 42.6 Å². The molecule has 0 spiro atoms. The van der Waals surface area contributed by atoms with Crippen molar-refractivity contribution in [2.24, 2.45) is 0 Å². The van der Waals surface area contributed by atoms with Gasteiger partial charge in [-0.2, -0.15) is 0 Å². The summed E-state index contributed by atoms with van der Waals surface area (Å²) in [6.07, 6.45) is 1.32. The van der Waals surface area contributed by atoms with Crippen LogP contribution >= 0.6 is 0 Å². The molecular formula is C20H25N3O4. The lowest BCUT2D eigenvalue weighted by Crippen LogP contribution is -2.49. The number of rotatable bonds is 7. The van der Waals surface area contributed by atoms with Crippen molar-refractivity contribution in [2.75, 3.05) is 51.0 Å². The molecule has 1 aromatic carbocycles. The number of aromatic nitrogens is 1. The topological polar surface area (TPSA) is 67.3 Å². The van der Waals surface area contributed by atoms with Crippen molar-refractivity contribution in [3.05, 3.63) is 48.2 Å². The van der Waals surface area contributed by atoms with Crippen LogP contribution in [-0.2, 0) is 11.3 Å². The predicted octanol–water partition coefficient (Wildman–Crippen LogP) is 1.51. The van der Waals surface area contributed by atoms with Gasteiger partial charge in [0, 0.05) is 38.9 Å². The summed E-state index contributed by atoms with van der Waals surface area (Å²) in [6, 6.07) is 11.7. The van der Waals surface area contributed by atoms with Gasteiger partial charge in [0.05, 0.1) is 19.3 Å². The average molecular weight is 371 g/mol. The summed E-state index contributed by atoms with van der Waals surface area (Å²) >= 11 is 0. The Hall–Kier alpha value is -2.35. The Kier molecular flexibility index (Phi) is 5.72. The molecule has 1 aromatic heterocycles. The standard InChI is InChI=1S/C20H25N3O4/c24-17(14-25-13-16-4-5-18-19(11-16)27-15-26-18)12-22-7-9-23(10-8-22)20-3-1-2-6-21-20/h1-6,11,17,24H,7-10,12-15H2/t17-/m1/s1. The monoisotopic (exact) mass is 371 g/mol. The van der Waals surface area contributed by atoms with E-state index in [0.29, 0.717) is 19.8 Å². The molecule has 1 fully saturated rings. The van der Waals surface area contributed by atoms with Crippen molar-refractivity contribution in [1.29, 1.82) is 0 Å². The molecule has 0 bridgehead atoms. The van der Waals surface area contributed by atoms with Crippen LogP contribution in [0.5, 0.6) is 11.5 Å².